The summed E-state index contributed by atoms with van der Waals surface area (Å²) in [6.45, 7) is 4.25. The van der Waals surface area contributed by atoms with E-state index < -0.39 is 5.91 Å². The van der Waals surface area contributed by atoms with Crippen molar-refractivity contribution in [2.45, 2.75) is 20.5 Å². The van der Waals surface area contributed by atoms with E-state index in [1.54, 1.807) is 24.4 Å². The Hall–Kier alpha value is -3.91. The van der Waals surface area contributed by atoms with Gasteiger partial charge in [-0.05, 0) is 73.0 Å². The predicted molar refractivity (Wildman–Crippen MR) is 113 cm³/mol. The van der Waals surface area contributed by atoms with Crippen LogP contribution < -0.4 is 10.1 Å². The molecule has 1 heterocycles. The minimum atomic E-state index is -0.440. The van der Waals surface area contributed by atoms with Crippen LogP contribution in [0.2, 0.25) is 0 Å². The minimum absolute atomic E-state index is 0.0369. The first-order valence-electron chi connectivity index (χ1n) is 9.19. The maximum absolute atomic E-state index is 12.4. The van der Waals surface area contributed by atoms with Gasteiger partial charge in [-0.15, -0.1) is 0 Å². The Morgan fingerprint density at radius 3 is 2.41 bits per heavy atom. The van der Waals surface area contributed by atoms with Crippen LogP contribution in [0.15, 0.2) is 72.4 Å². The van der Waals surface area contributed by atoms with Crippen molar-refractivity contribution in [3.63, 3.8) is 0 Å². The number of hydrogen-bond donors (Lipinski definition) is 1. The maximum Gasteiger partial charge on any atom is 0.266 e. The monoisotopic (exact) mass is 383 g/mol. The third-order valence-corrected chi connectivity index (χ3v) is 4.28. The fourth-order valence-corrected chi connectivity index (χ4v) is 2.96. The number of pyridine rings is 1. The first kappa shape index (κ1) is 19.8. The highest BCUT2D eigenvalue weighted by Gasteiger charge is 2.11. The second kappa shape index (κ2) is 9.34. The van der Waals surface area contributed by atoms with Crippen LogP contribution in [0.3, 0.4) is 0 Å². The quantitative estimate of drug-likeness (QED) is 0.489. The van der Waals surface area contributed by atoms with Crippen molar-refractivity contribution >= 4 is 17.7 Å². The SMILES string of the molecule is Cc1cc(/C=C(\C#N)C(=O)Nc2ccccc2)cc(C)c1OCc1ccccn1. The minimum Gasteiger partial charge on any atom is -0.487 e. The Bertz CT molecular complexity index is 1050. The molecule has 5 nitrogen and oxygen atoms in total. The topological polar surface area (TPSA) is 75.0 Å². The molecule has 0 aliphatic rings. The number of aryl methyl sites for hydroxylation is 2. The Kier molecular flexibility index (Phi) is 6.39. The number of aromatic nitrogens is 1. The number of anilines is 1. The molecule has 0 aliphatic heterocycles. The highest BCUT2D eigenvalue weighted by Crippen LogP contribution is 2.27. The van der Waals surface area contributed by atoms with Crippen molar-refractivity contribution in [3.05, 3.63) is 94.8 Å². The van der Waals surface area contributed by atoms with Gasteiger partial charge in [0, 0.05) is 11.9 Å². The molecule has 1 N–H and O–H groups in total. The number of ether oxygens (including phenoxy) is 1. The summed E-state index contributed by atoms with van der Waals surface area (Å²) in [5.41, 5.74) is 4.14. The molecule has 0 saturated carbocycles. The molecule has 0 aliphatic carbocycles. The van der Waals surface area contributed by atoms with E-state index in [1.807, 2.05) is 68.4 Å². The normalized spacial score (nSPS) is 10.9. The Morgan fingerprint density at radius 2 is 1.79 bits per heavy atom. The van der Waals surface area contributed by atoms with Crippen LogP contribution in [0.4, 0.5) is 5.69 Å². The lowest BCUT2D eigenvalue weighted by atomic mass is 10.0. The van der Waals surface area contributed by atoms with Gasteiger partial charge in [-0.1, -0.05) is 24.3 Å². The van der Waals surface area contributed by atoms with E-state index in [2.05, 4.69) is 10.3 Å². The van der Waals surface area contributed by atoms with Crippen molar-refractivity contribution < 1.29 is 9.53 Å². The maximum atomic E-state index is 12.4. The van der Waals surface area contributed by atoms with Crippen molar-refractivity contribution in [1.82, 2.24) is 4.98 Å². The van der Waals surface area contributed by atoms with Gasteiger partial charge in [0.25, 0.3) is 5.91 Å². The van der Waals surface area contributed by atoms with E-state index in [4.69, 9.17) is 4.74 Å². The number of hydrogen-bond acceptors (Lipinski definition) is 4. The molecule has 1 amide bonds. The van der Waals surface area contributed by atoms with E-state index in [1.165, 1.54) is 0 Å². The van der Waals surface area contributed by atoms with Gasteiger partial charge in [-0.25, -0.2) is 0 Å². The van der Waals surface area contributed by atoms with Crippen LogP contribution in [0.1, 0.15) is 22.4 Å². The average molecular weight is 383 g/mol. The Morgan fingerprint density at radius 1 is 1.10 bits per heavy atom. The second-order valence-electron chi connectivity index (χ2n) is 6.58. The van der Waals surface area contributed by atoms with Gasteiger partial charge < -0.3 is 10.1 Å². The summed E-state index contributed by atoms with van der Waals surface area (Å²) in [7, 11) is 0. The molecule has 0 unspecified atom stereocenters. The van der Waals surface area contributed by atoms with Gasteiger partial charge in [0.05, 0.1) is 5.69 Å². The lowest BCUT2D eigenvalue weighted by molar-refractivity contribution is -0.112. The molecular formula is C24H21N3O2. The molecule has 29 heavy (non-hydrogen) atoms. The van der Waals surface area contributed by atoms with E-state index in [0.717, 1.165) is 28.1 Å². The van der Waals surface area contributed by atoms with Gasteiger partial charge in [0.1, 0.15) is 24.0 Å². The zero-order valence-corrected chi connectivity index (χ0v) is 16.3. The molecule has 0 radical (unpaired) electrons. The van der Waals surface area contributed by atoms with Crippen LogP contribution in [0.5, 0.6) is 5.75 Å². The largest absolute Gasteiger partial charge is 0.487 e. The fourth-order valence-electron chi connectivity index (χ4n) is 2.96. The predicted octanol–water partition coefficient (Wildman–Crippen LogP) is 4.82. The van der Waals surface area contributed by atoms with Crippen LogP contribution in [0, 0.1) is 25.2 Å². The van der Waals surface area contributed by atoms with Crippen LogP contribution in [-0.4, -0.2) is 10.9 Å². The van der Waals surface area contributed by atoms with Gasteiger partial charge >= 0.3 is 0 Å². The van der Waals surface area contributed by atoms with E-state index in [0.29, 0.717) is 12.3 Å². The number of nitrogens with one attached hydrogen (secondary N) is 1. The number of benzene rings is 2. The summed E-state index contributed by atoms with van der Waals surface area (Å²) < 4.78 is 5.94. The Labute approximate surface area is 170 Å². The summed E-state index contributed by atoms with van der Waals surface area (Å²) in [5, 5.41) is 12.2. The van der Waals surface area contributed by atoms with E-state index in [9.17, 15) is 10.1 Å². The first-order valence-corrected chi connectivity index (χ1v) is 9.19. The zero-order chi connectivity index (χ0) is 20.6. The number of rotatable bonds is 6. The van der Waals surface area contributed by atoms with Crippen molar-refractivity contribution in [3.8, 4) is 11.8 Å². The summed E-state index contributed by atoms with van der Waals surface area (Å²) in [6.07, 6.45) is 3.32. The molecule has 0 fully saturated rings. The molecule has 0 atom stereocenters. The molecule has 3 rings (SSSR count). The van der Waals surface area contributed by atoms with Gasteiger partial charge in [0.2, 0.25) is 0 Å². The van der Waals surface area contributed by atoms with Crippen LogP contribution >= 0.6 is 0 Å². The standard InChI is InChI=1S/C24H21N3O2/c1-17-12-19(13-18(2)23(17)29-16-22-10-6-7-11-26-22)14-20(15-25)24(28)27-21-8-4-3-5-9-21/h3-14H,16H2,1-2H3,(H,27,28)/b20-14+. The van der Waals surface area contributed by atoms with E-state index >= 15 is 0 Å². The second-order valence-corrected chi connectivity index (χ2v) is 6.58. The third-order valence-electron chi connectivity index (χ3n) is 4.28. The Balaban J connectivity index is 1.77. The fraction of sp³-hybridized carbons (Fsp3) is 0.125. The molecule has 3 aromatic rings. The summed E-state index contributed by atoms with van der Waals surface area (Å²) in [4.78, 5) is 16.7. The highest BCUT2D eigenvalue weighted by atomic mass is 16.5. The number of nitrogens with zero attached hydrogens (tertiary/aromatic N) is 2. The molecule has 2 aromatic carbocycles. The van der Waals surface area contributed by atoms with Gasteiger partial charge in [-0.2, -0.15) is 5.26 Å². The van der Waals surface area contributed by atoms with Gasteiger partial charge in [0.15, 0.2) is 0 Å². The molecule has 0 saturated heterocycles. The molecule has 1 aromatic heterocycles. The average Bonchev–Trinajstić information content (AvgIpc) is 2.73. The number of carbonyl (C=O) groups excluding carboxylic acids is 1. The lowest BCUT2D eigenvalue weighted by Gasteiger charge is -2.13. The number of nitriles is 1. The summed E-state index contributed by atoms with van der Waals surface area (Å²) in [6, 6.07) is 20.5. The van der Waals surface area contributed by atoms with Crippen molar-refractivity contribution in [2.24, 2.45) is 0 Å². The molecular weight excluding hydrogens is 362 g/mol. The first-order chi connectivity index (χ1) is 14.1. The van der Waals surface area contributed by atoms with Crippen LogP contribution in [-0.2, 0) is 11.4 Å². The summed E-state index contributed by atoms with van der Waals surface area (Å²) >= 11 is 0. The zero-order valence-electron chi connectivity index (χ0n) is 16.3. The third kappa shape index (κ3) is 5.30. The van der Waals surface area contributed by atoms with Crippen LogP contribution in [0.25, 0.3) is 6.08 Å². The summed E-state index contributed by atoms with van der Waals surface area (Å²) in [5.74, 6) is 0.338. The van der Waals surface area contributed by atoms with E-state index in [-0.39, 0.29) is 5.57 Å². The molecule has 144 valence electrons. The number of para-hydroxylation sites is 1. The molecule has 0 bridgehead atoms. The van der Waals surface area contributed by atoms with Gasteiger partial charge in [-0.3, -0.25) is 9.78 Å². The van der Waals surface area contributed by atoms with Crippen molar-refractivity contribution in [1.29, 1.82) is 5.26 Å². The number of amides is 1. The number of carbonyl (C=O) groups is 1. The highest BCUT2D eigenvalue weighted by molar-refractivity contribution is 6.09. The lowest BCUT2D eigenvalue weighted by Crippen LogP contribution is -2.13. The smallest absolute Gasteiger partial charge is 0.266 e. The molecule has 5 heteroatoms. The molecule has 0 spiro atoms. The van der Waals surface area contributed by atoms with Crippen molar-refractivity contribution in [2.75, 3.05) is 5.32 Å².